The van der Waals surface area contributed by atoms with Gasteiger partial charge in [0, 0.05) is 13.6 Å². The van der Waals surface area contributed by atoms with Gasteiger partial charge in [-0.2, -0.15) is 5.26 Å². The minimum atomic E-state index is 0.559. The van der Waals surface area contributed by atoms with Crippen molar-refractivity contribution in [3.63, 3.8) is 0 Å². The van der Waals surface area contributed by atoms with Crippen LogP contribution in [-0.2, 0) is 6.54 Å². The van der Waals surface area contributed by atoms with Crippen molar-refractivity contribution in [2.24, 2.45) is 0 Å². The van der Waals surface area contributed by atoms with Crippen molar-refractivity contribution in [2.75, 3.05) is 17.7 Å². The molecular formula is C15H14ClN3. The van der Waals surface area contributed by atoms with Crippen molar-refractivity contribution in [3.8, 4) is 6.07 Å². The highest BCUT2D eigenvalue weighted by Crippen LogP contribution is 2.23. The SMILES string of the molecule is CN(Cc1ccc(Cl)c(N)c1)c1ccccc1C#N. The summed E-state index contributed by atoms with van der Waals surface area (Å²) in [4.78, 5) is 2.02. The van der Waals surface area contributed by atoms with Gasteiger partial charge < -0.3 is 10.6 Å². The maximum absolute atomic E-state index is 9.10. The van der Waals surface area contributed by atoms with Gasteiger partial charge in [-0.15, -0.1) is 0 Å². The van der Waals surface area contributed by atoms with Gasteiger partial charge in [-0.1, -0.05) is 29.8 Å². The molecule has 0 fully saturated rings. The topological polar surface area (TPSA) is 53.0 Å². The van der Waals surface area contributed by atoms with Gasteiger partial charge in [0.05, 0.1) is 22.0 Å². The van der Waals surface area contributed by atoms with E-state index < -0.39 is 0 Å². The maximum atomic E-state index is 9.10. The minimum absolute atomic E-state index is 0.559. The molecule has 2 aromatic carbocycles. The molecule has 0 aromatic heterocycles. The molecule has 0 bridgehead atoms. The summed E-state index contributed by atoms with van der Waals surface area (Å²) >= 11 is 5.90. The molecule has 4 heteroatoms. The third-order valence-electron chi connectivity index (χ3n) is 2.92. The summed E-state index contributed by atoms with van der Waals surface area (Å²) in [6, 6.07) is 15.3. The molecule has 0 atom stereocenters. The summed E-state index contributed by atoms with van der Waals surface area (Å²) in [6.07, 6.45) is 0. The zero-order chi connectivity index (χ0) is 13.8. The van der Waals surface area contributed by atoms with Crippen LogP contribution in [0.3, 0.4) is 0 Å². The van der Waals surface area contributed by atoms with Crippen LogP contribution in [-0.4, -0.2) is 7.05 Å². The number of para-hydroxylation sites is 1. The first-order valence-corrected chi connectivity index (χ1v) is 6.24. The molecule has 0 spiro atoms. The van der Waals surface area contributed by atoms with Gasteiger partial charge in [-0.25, -0.2) is 0 Å². The molecule has 0 aliphatic heterocycles. The van der Waals surface area contributed by atoms with Gasteiger partial charge in [0.15, 0.2) is 0 Å². The van der Waals surface area contributed by atoms with Crippen LogP contribution < -0.4 is 10.6 Å². The van der Waals surface area contributed by atoms with Gasteiger partial charge in [-0.05, 0) is 29.8 Å². The number of nitrogen functional groups attached to an aromatic ring is 1. The average molecular weight is 272 g/mol. The highest BCUT2D eigenvalue weighted by Gasteiger charge is 2.07. The summed E-state index contributed by atoms with van der Waals surface area (Å²) in [5, 5.41) is 9.66. The van der Waals surface area contributed by atoms with Crippen LogP contribution in [0.1, 0.15) is 11.1 Å². The molecule has 0 radical (unpaired) electrons. The summed E-state index contributed by atoms with van der Waals surface area (Å²) in [5.74, 6) is 0. The molecule has 19 heavy (non-hydrogen) atoms. The van der Waals surface area contributed by atoms with E-state index in [4.69, 9.17) is 22.6 Å². The number of hydrogen-bond donors (Lipinski definition) is 1. The average Bonchev–Trinajstić information content (AvgIpc) is 2.43. The monoisotopic (exact) mass is 271 g/mol. The predicted octanol–water partition coefficient (Wildman–Crippen LogP) is 3.43. The van der Waals surface area contributed by atoms with Crippen LogP contribution in [0.25, 0.3) is 0 Å². The Labute approximate surface area is 117 Å². The zero-order valence-corrected chi connectivity index (χ0v) is 11.4. The molecule has 2 N–H and O–H groups in total. The van der Waals surface area contributed by atoms with Crippen LogP contribution in [0, 0.1) is 11.3 Å². The standard InChI is InChI=1S/C15H14ClN3/c1-19(15-5-3-2-4-12(15)9-17)10-11-6-7-13(16)14(18)8-11/h2-8H,10,18H2,1H3. The van der Waals surface area contributed by atoms with Crippen molar-refractivity contribution in [3.05, 3.63) is 58.6 Å². The second-order valence-corrected chi connectivity index (χ2v) is 4.75. The lowest BCUT2D eigenvalue weighted by molar-refractivity contribution is 0.921. The Morgan fingerprint density at radius 1 is 1.26 bits per heavy atom. The maximum Gasteiger partial charge on any atom is 0.101 e. The number of benzene rings is 2. The lowest BCUT2D eigenvalue weighted by Crippen LogP contribution is -2.17. The van der Waals surface area contributed by atoms with Crippen molar-refractivity contribution >= 4 is 23.0 Å². The molecule has 0 aliphatic rings. The highest BCUT2D eigenvalue weighted by molar-refractivity contribution is 6.33. The Kier molecular flexibility index (Phi) is 3.94. The highest BCUT2D eigenvalue weighted by atomic mass is 35.5. The summed E-state index contributed by atoms with van der Waals surface area (Å²) in [5.41, 5.74) is 8.97. The van der Waals surface area contributed by atoms with Crippen LogP contribution in [0.15, 0.2) is 42.5 Å². The first-order valence-electron chi connectivity index (χ1n) is 5.86. The third kappa shape index (κ3) is 2.98. The number of nitrogens with zero attached hydrogens (tertiary/aromatic N) is 2. The lowest BCUT2D eigenvalue weighted by Gasteiger charge is -2.20. The molecule has 0 saturated carbocycles. The molecule has 96 valence electrons. The summed E-state index contributed by atoms with van der Waals surface area (Å²) in [7, 11) is 1.95. The van der Waals surface area contributed by atoms with Crippen LogP contribution >= 0.6 is 11.6 Å². The smallest absolute Gasteiger partial charge is 0.101 e. The third-order valence-corrected chi connectivity index (χ3v) is 3.26. The van der Waals surface area contributed by atoms with E-state index in [-0.39, 0.29) is 0 Å². The van der Waals surface area contributed by atoms with Crippen LogP contribution in [0.4, 0.5) is 11.4 Å². The van der Waals surface area contributed by atoms with Crippen molar-refractivity contribution < 1.29 is 0 Å². The fraction of sp³-hybridized carbons (Fsp3) is 0.133. The van der Waals surface area contributed by atoms with E-state index in [0.29, 0.717) is 22.8 Å². The van der Waals surface area contributed by atoms with Crippen LogP contribution in [0.5, 0.6) is 0 Å². The fourth-order valence-electron chi connectivity index (χ4n) is 1.95. The Bertz CT molecular complexity index is 632. The number of rotatable bonds is 3. The van der Waals surface area contributed by atoms with Gasteiger partial charge in [0.25, 0.3) is 0 Å². The van der Waals surface area contributed by atoms with Gasteiger partial charge in [0.2, 0.25) is 0 Å². The number of nitrogens with two attached hydrogens (primary N) is 1. The van der Waals surface area contributed by atoms with Gasteiger partial charge >= 0.3 is 0 Å². The quantitative estimate of drug-likeness (QED) is 0.870. The molecule has 2 aromatic rings. The van der Waals surface area contributed by atoms with E-state index >= 15 is 0 Å². The Balaban J connectivity index is 2.23. The van der Waals surface area contributed by atoms with E-state index in [9.17, 15) is 0 Å². The molecule has 0 unspecified atom stereocenters. The number of anilines is 2. The molecule has 0 aliphatic carbocycles. The number of nitriles is 1. The second kappa shape index (κ2) is 5.64. The Hall–Kier alpha value is -2.18. The lowest BCUT2D eigenvalue weighted by atomic mass is 10.1. The molecule has 0 amide bonds. The van der Waals surface area contributed by atoms with E-state index in [1.807, 2.05) is 48.3 Å². The Morgan fingerprint density at radius 2 is 2.00 bits per heavy atom. The zero-order valence-electron chi connectivity index (χ0n) is 10.6. The number of hydrogen-bond acceptors (Lipinski definition) is 3. The largest absolute Gasteiger partial charge is 0.398 e. The first kappa shape index (κ1) is 13.3. The Morgan fingerprint density at radius 3 is 2.68 bits per heavy atom. The van der Waals surface area contributed by atoms with Crippen molar-refractivity contribution in [2.45, 2.75) is 6.54 Å². The van der Waals surface area contributed by atoms with Gasteiger partial charge in [-0.3, -0.25) is 0 Å². The van der Waals surface area contributed by atoms with Crippen molar-refractivity contribution in [1.82, 2.24) is 0 Å². The fourth-order valence-corrected chi connectivity index (χ4v) is 2.07. The summed E-state index contributed by atoms with van der Waals surface area (Å²) < 4.78 is 0. The normalized spacial score (nSPS) is 9.95. The van der Waals surface area contributed by atoms with E-state index in [0.717, 1.165) is 11.3 Å². The second-order valence-electron chi connectivity index (χ2n) is 4.34. The first-order chi connectivity index (χ1) is 9.11. The summed E-state index contributed by atoms with van der Waals surface area (Å²) in [6.45, 7) is 0.667. The minimum Gasteiger partial charge on any atom is -0.398 e. The molecule has 0 saturated heterocycles. The molecule has 3 nitrogen and oxygen atoms in total. The van der Waals surface area contributed by atoms with E-state index in [1.165, 1.54) is 0 Å². The van der Waals surface area contributed by atoms with Crippen LogP contribution in [0.2, 0.25) is 5.02 Å². The van der Waals surface area contributed by atoms with E-state index in [1.54, 1.807) is 6.07 Å². The molecular weight excluding hydrogens is 258 g/mol. The molecule has 2 rings (SSSR count). The van der Waals surface area contributed by atoms with E-state index in [2.05, 4.69) is 6.07 Å². The molecule has 0 heterocycles. The predicted molar refractivity (Wildman–Crippen MR) is 79.1 cm³/mol. The van der Waals surface area contributed by atoms with Crippen molar-refractivity contribution in [1.29, 1.82) is 5.26 Å². The number of halogens is 1. The van der Waals surface area contributed by atoms with Gasteiger partial charge in [0.1, 0.15) is 6.07 Å².